The smallest absolute Gasteiger partial charge is 0.283 e. The van der Waals surface area contributed by atoms with Crippen molar-refractivity contribution in [3.05, 3.63) is 58.1 Å². The van der Waals surface area contributed by atoms with Crippen LogP contribution in [0.15, 0.2) is 51.4 Å². The van der Waals surface area contributed by atoms with Crippen LogP contribution in [0.25, 0.3) is 6.08 Å². The summed E-state index contributed by atoms with van der Waals surface area (Å²) in [5, 5.41) is 8.31. The maximum Gasteiger partial charge on any atom is 0.283 e. The number of hydrogen-bond donors (Lipinski definition) is 1. The molecular weight excluding hydrogens is 528 g/mol. The zero-order valence-electron chi connectivity index (χ0n) is 19.4. The number of aryl methyl sites for hydroxylation is 1. The van der Waals surface area contributed by atoms with Gasteiger partial charge >= 0.3 is 0 Å². The van der Waals surface area contributed by atoms with Crippen LogP contribution in [-0.4, -0.2) is 62.0 Å². The van der Waals surface area contributed by atoms with Crippen LogP contribution in [-0.2, 0) is 14.6 Å². The number of amides is 1. The van der Waals surface area contributed by atoms with Gasteiger partial charge in [0.25, 0.3) is 5.91 Å². The molecule has 13 heteroatoms. The van der Waals surface area contributed by atoms with Crippen molar-refractivity contribution in [3.63, 3.8) is 0 Å². The molecule has 0 spiro atoms. The Labute approximate surface area is 217 Å². The topological polar surface area (TPSA) is 131 Å². The molecule has 2 aromatic rings. The van der Waals surface area contributed by atoms with Crippen molar-refractivity contribution in [1.82, 2.24) is 4.90 Å². The monoisotopic (exact) mass is 548 g/mol. The van der Waals surface area contributed by atoms with Crippen molar-refractivity contribution < 1.29 is 27.4 Å². The summed E-state index contributed by atoms with van der Waals surface area (Å²) in [4.78, 5) is 17.5. The van der Waals surface area contributed by atoms with E-state index >= 15 is 0 Å². The number of fused-ring (bicyclic) bond motifs is 1. The number of ether oxygens (including phenoxy) is 3. The van der Waals surface area contributed by atoms with Crippen molar-refractivity contribution in [2.45, 2.75) is 6.92 Å². The number of amidine groups is 3. The van der Waals surface area contributed by atoms with Crippen LogP contribution in [0.2, 0.25) is 5.02 Å². The van der Waals surface area contributed by atoms with Crippen LogP contribution in [0.5, 0.6) is 17.2 Å². The average molecular weight is 549 g/mol. The van der Waals surface area contributed by atoms with Crippen LogP contribution in [0.3, 0.4) is 0 Å². The van der Waals surface area contributed by atoms with Gasteiger partial charge in [0.15, 0.2) is 11.5 Å². The zero-order valence-corrected chi connectivity index (χ0v) is 21.8. The van der Waals surface area contributed by atoms with Crippen molar-refractivity contribution in [3.8, 4) is 17.2 Å². The summed E-state index contributed by atoms with van der Waals surface area (Å²) in [6.45, 7) is 2.47. The molecule has 4 rings (SSSR count). The minimum absolute atomic E-state index is 0.00907. The van der Waals surface area contributed by atoms with E-state index in [2.05, 4.69) is 9.39 Å². The molecule has 2 aliphatic heterocycles. The molecule has 0 fully saturated rings. The molecule has 2 aliphatic rings. The number of nitrogens with zero attached hydrogens (tertiary/aromatic N) is 3. The number of benzene rings is 2. The number of rotatable bonds is 7. The number of methoxy groups -OCH3 is 1. The molecule has 1 amide bonds. The van der Waals surface area contributed by atoms with Crippen molar-refractivity contribution in [2.24, 2.45) is 9.39 Å². The third-order valence-electron chi connectivity index (χ3n) is 5.01. The number of hydrogen-bond acceptors (Lipinski definition) is 9. The van der Waals surface area contributed by atoms with Crippen molar-refractivity contribution >= 4 is 61.5 Å². The van der Waals surface area contributed by atoms with E-state index in [0.29, 0.717) is 17.1 Å². The van der Waals surface area contributed by atoms with Gasteiger partial charge in [-0.25, -0.2) is 13.3 Å². The van der Waals surface area contributed by atoms with E-state index in [1.165, 1.54) is 19.3 Å². The Kier molecular flexibility index (Phi) is 7.38. The predicted octanol–water partition coefficient (Wildman–Crippen LogP) is 3.74. The summed E-state index contributed by atoms with van der Waals surface area (Å²) in [6, 6.07) is 10.8. The molecule has 0 aromatic heterocycles. The highest BCUT2D eigenvalue weighted by Gasteiger charge is 2.41. The second kappa shape index (κ2) is 10.3. The first-order chi connectivity index (χ1) is 17.1. The van der Waals surface area contributed by atoms with E-state index in [4.69, 9.17) is 31.2 Å². The molecule has 10 nitrogen and oxygen atoms in total. The highest BCUT2D eigenvalue weighted by Crippen LogP contribution is 2.38. The van der Waals surface area contributed by atoms with Crippen LogP contribution in [0.4, 0.5) is 0 Å². The lowest BCUT2D eigenvalue weighted by Gasteiger charge is -2.24. The lowest BCUT2D eigenvalue weighted by Crippen LogP contribution is -2.45. The first-order valence-corrected chi connectivity index (χ1v) is 13.5. The van der Waals surface area contributed by atoms with Crippen LogP contribution in [0.1, 0.15) is 11.1 Å². The molecule has 2 heterocycles. The second-order valence-electron chi connectivity index (χ2n) is 7.72. The molecule has 0 atom stereocenters. The molecule has 0 bridgehead atoms. The number of nitrogens with one attached hydrogen (secondary N) is 1. The fraction of sp³-hybridized carbons (Fsp3) is 0.217. The first kappa shape index (κ1) is 25.7. The molecular formula is C23H21ClN4O6S2. The van der Waals surface area contributed by atoms with E-state index in [-0.39, 0.29) is 40.0 Å². The summed E-state index contributed by atoms with van der Waals surface area (Å²) < 4.78 is 44.8. The van der Waals surface area contributed by atoms with E-state index in [0.717, 1.165) is 34.4 Å². The molecule has 1 N–H and O–H groups in total. The SMILES string of the molecule is COc1cc(/C=C2/C(=N)N3C(=NC2=O)SN=C3S(C)(=O)=O)cc(Cl)c1OCCOc1ccc(C)cc1. The van der Waals surface area contributed by atoms with Gasteiger partial charge in [0.2, 0.25) is 20.2 Å². The summed E-state index contributed by atoms with van der Waals surface area (Å²) in [6.07, 6.45) is 2.35. The minimum atomic E-state index is -3.75. The van der Waals surface area contributed by atoms with Gasteiger partial charge in [-0.1, -0.05) is 29.3 Å². The molecule has 188 valence electrons. The lowest BCUT2D eigenvalue weighted by atomic mass is 10.1. The van der Waals surface area contributed by atoms with Gasteiger partial charge < -0.3 is 14.2 Å². The Balaban J connectivity index is 1.53. The minimum Gasteiger partial charge on any atom is -0.493 e. The van der Waals surface area contributed by atoms with Crippen LogP contribution >= 0.6 is 23.5 Å². The Morgan fingerprint density at radius 1 is 1.17 bits per heavy atom. The third-order valence-corrected chi connectivity index (χ3v) is 7.04. The average Bonchev–Trinajstić information content (AvgIpc) is 3.26. The fourth-order valence-corrected chi connectivity index (χ4v) is 5.42. The number of halogens is 1. The summed E-state index contributed by atoms with van der Waals surface area (Å²) in [7, 11) is -2.30. The van der Waals surface area contributed by atoms with Gasteiger partial charge in [-0.05, 0) is 42.8 Å². The Morgan fingerprint density at radius 2 is 1.86 bits per heavy atom. The van der Waals surface area contributed by atoms with Gasteiger partial charge in [0.05, 0.1) is 29.7 Å². The fourth-order valence-electron chi connectivity index (χ4n) is 3.31. The Hall–Kier alpha value is -3.35. The number of sulfone groups is 1. The summed E-state index contributed by atoms with van der Waals surface area (Å²) >= 11 is 7.16. The van der Waals surface area contributed by atoms with E-state index in [1.807, 2.05) is 31.2 Å². The molecule has 36 heavy (non-hydrogen) atoms. The van der Waals surface area contributed by atoms with E-state index in [9.17, 15) is 13.2 Å². The molecule has 0 aliphatic carbocycles. The van der Waals surface area contributed by atoms with E-state index < -0.39 is 15.7 Å². The van der Waals surface area contributed by atoms with Gasteiger partial charge in [0, 0.05) is 6.26 Å². The number of aliphatic imine (C=N–C) groups is 1. The van der Waals surface area contributed by atoms with Crippen molar-refractivity contribution in [2.75, 3.05) is 26.6 Å². The molecule has 0 unspecified atom stereocenters. The van der Waals surface area contributed by atoms with Gasteiger partial charge in [-0.15, -0.1) is 0 Å². The van der Waals surface area contributed by atoms with Crippen molar-refractivity contribution in [1.29, 1.82) is 5.41 Å². The molecule has 0 radical (unpaired) electrons. The third kappa shape index (κ3) is 5.40. The highest BCUT2D eigenvalue weighted by atomic mass is 35.5. The molecule has 0 saturated heterocycles. The number of carbonyl (C=O) groups excluding carboxylic acids is 1. The second-order valence-corrected chi connectivity index (χ2v) is 10.8. The van der Waals surface area contributed by atoms with Gasteiger partial charge in [-0.2, -0.15) is 9.39 Å². The zero-order chi connectivity index (χ0) is 26.0. The maximum atomic E-state index is 12.6. The summed E-state index contributed by atoms with van der Waals surface area (Å²) in [5.74, 6) is 0.255. The van der Waals surface area contributed by atoms with Gasteiger partial charge in [0.1, 0.15) is 24.8 Å². The first-order valence-electron chi connectivity index (χ1n) is 10.5. The highest BCUT2D eigenvalue weighted by molar-refractivity contribution is 8.16. The normalized spacial score (nSPS) is 16.6. The quantitative estimate of drug-likeness (QED) is 0.314. The standard InChI is InChI=1S/C23H21ClN4O6S2/c1-13-4-6-15(7-5-13)33-8-9-34-19-17(24)11-14(12-18(19)32-2)10-16-20(25)28-22(26-21(16)29)35-27-23(28)36(3,30)31/h4-7,10-12,25H,8-9H2,1-3H3/b16-10-,25-20?. The van der Waals surface area contributed by atoms with Gasteiger partial charge in [-0.3, -0.25) is 10.2 Å². The lowest BCUT2D eigenvalue weighted by molar-refractivity contribution is -0.114. The van der Waals surface area contributed by atoms with E-state index in [1.54, 1.807) is 6.07 Å². The molecule has 0 saturated carbocycles. The predicted molar refractivity (Wildman–Crippen MR) is 140 cm³/mol. The Morgan fingerprint density at radius 3 is 2.53 bits per heavy atom. The Bertz CT molecular complexity index is 1440. The van der Waals surface area contributed by atoms with Crippen LogP contribution < -0.4 is 14.2 Å². The van der Waals surface area contributed by atoms with Crippen LogP contribution in [0, 0.1) is 12.3 Å². The number of carbonyl (C=O) groups is 1. The maximum absolute atomic E-state index is 12.6. The summed E-state index contributed by atoms with van der Waals surface area (Å²) in [5.41, 5.74) is 1.43. The molecule has 2 aromatic carbocycles. The largest absolute Gasteiger partial charge is 0.493 e.